The standard InChI is InChI=1S/C27H35N3O4/c1-32-16-8-14-29(18-24(31)20-33-2)19-25-26(22-10-4-3-5-11-22)28-34-27(25)30-15-13-21-9-6-7-12-23(21)17-30/h3-7,9-12,24,31H,8,13-20H2,1-2H3. The largest absolute Gasteiger partial charge is 0.389 e. The molecule has 0 saturated carbocycles. The maximum absolute atomic E-state index is 10.5. The average Bonchev–Trinajstić information content (AvgIpc) is 3.28. The summed E-state index contributed by atoms with van der Waals surface area (Å²) < 4.78 is 16.5. The summed E-state index contributed by atoms with van der Waals surface area (Å²) >= 11 is 0. The number of methoxy groups -OCH3 is 2. The molecule has 1 aromatic heterocycles. The van der Waals surface area contributed by atoms with Gasteiger partial charge in [-0.1, -0.05) is 59.8 Å². The monoisotopic (exact) mass is 465 g/mol. The van der Waals surface area contributed by atoms with Crippen LogP contribution in [-0.2, 0) is 29.0 Å². The number of hydrogen-bond donors (Lipinski definition) is 1. The molecule has 0 saturated heterocycles. The SMILES string of the molecule is COCCCN(Cc1c(-c2ccccc2)noc1N1CCc2ccccc2C1)CC(O)COC. The molecule has 0 fully saturated rings. The number of benzene rings is 2. The van der Waals surface area contributed by atoms with Gasteiger partial charge in [0.1, 0.15) is 5.69 Å². The third-order valence-electron chi connectivity index (χ3n) is 6.27. The van der Waals surface area contributed by atoms with E-state index in [4.69, 9.17) is 14.0 Å². The zero-order valence-corrected chi connectivity index (χ0v) is 20.2. The Hall–Kier alpha value is -2.71. The molecular weight excluding hydrogens is 430 g/mol. The van der Waals surface area contributed by atoms with Gasteiger partial charge in [0.2, 0.25) is 5.88 Å². The lowest BCUT2D eigenvalue weighted by Crippen LogP contribution is -2.36. The van der Waals surface area contributed by atoms with Gasteiger partial charge in [-0.15, -0.1) is 0 Å². The number of aromatic nitrogens is 1. The van der Waals surface area contributed by atoms with Crippen LogP contribution in [0.4, 0.5) is 5.88 Å². The number of fused-ring (bicyclic) bond motifs is 1. The normalized spacial score (nSPS) is 14.4. The van der Waals surface area contributed by atoms with Crippen molar-refractivity contribution in [2.45, 2.75) is 32.0 Å². The first kappa shape index (κ1) is 24.4. The van der Waals surface area contributed by atoms with E-state index in [9.17, 15) is 5.11 Å². The predicted octanol–water partition coefficient (Wildman–Crippen LogP) is 3.75. The Bertz CT molecular complexity index is 1020. The van der Waals surface area contributed by atoms with Crippen LogP contribution >= 0.6 is 0 Å². The molecule has 0 bridgehead atoms. The van der Waals surface area contributed by atoms with Crippen molar-refractivity contribution in [1.82, 2.24) is 10.1 Å². The Morgan fingerprint density at radius 3 is 2.59 bits per heavy atom. The lowest BCUT2D eigenvalue weighted by molar-refractivity contribution is 0.0337. The van der Waals surface area contributed by atoms with Crippen molar-refractivity contribution < 1.29 is 19.1 Å². The van der Waals surface area contributed by atoms with Crippen molar-refractivity contribution >= 4 is 5.88 Å². The molecule has 1 unspecified atom stereocenters. The molecule has 1 atom stereocenters. The average molecular weight is 466 g/mol. The second kappa shape index (κ2) is 12.1. The van der Waals surface area contributed by atoms with Crippen molar-refractivity contribution in [3.05, 3.63) is 71.3 Å². The fourth-order valence-corrected chi connectivity index (χ4v) is 4.62. The molecule has 3 aromatic rings. The van der Waals surface area contributed by atoms with E-state index in [1.54, 1.807) is 14.2 Å². The highest BCUT2D eigenvalue weighted by atomic mass is 16.5. The molecule has 0 aliphatic carbocycles. The highest BCUT2D eigenvalue weighted by Crippen LogP contribution is 2.35. The summed E-state index contributed by atoms with van der Waals surface area (Å²) in [4.78, 5) is 4.53. The van der Waals surface area contributed by atoms with Gasteiger partial charge in [-0.3, -0.25) is 4.90 Å². The minimum atomic E-state index is -0.571. The van der Waals surface area contributed by atoms with E-state index in [2.05, 4.69) is 51.4 Å². The number of aliphatic hydroxyl groups is 1. The molecule has 2 heterocycles. The van der Waals surface area contributed by atoms with E-state index < -0.39 is 6.10 Å². The van der Waals surface area contributed by atoms with Crippen LogP contribution in [0.15, 0.2) is 59.1 Å². The van der Waals surface area contributed by atoms with Gasteiger partial charge >= 0.3 is 0 Å². The number of aliphatic hydroxyl groups excluding tert-OH is 1. The van der Waals surface area contributed by atoms with Crippen LogP contribution < -0.4 is 4.90 Å². The molecular formula is C27H35N3O4. The summed E-state index contributed by atoms with van der Waals surface area (Å²) in [5, 5.41) is 15.0. The quantitative estimate of drug-likeness (QED) is 0.409. The van der Waals surface area contributed by atoms with Crippen LogP contribution in [0.5, 0.6) is 0 Å². The molecule has 34 heavy (non-hydrogen) atoms. The van der Waals surface area contributed by atoms with E-state index >= 15 is 0 Å². The minimum Gasteiger partial charge on any atom is -0.389 e. The molecule has 1 aliphatic heterocycles. The molecule has 1 N–H and O–H groups in total. The number of nitrogens with zero attached hydrogens (tertiary/aromatic N) is 3. The Kier molecular flexibility index (Phi) is 8.71. The smallest absolute Gasteiger partial charge is 0.232 e. The van der Waals surface area contributed by atoms with Crippen LogP contribution in [0.1, 0.15) is 23.1 Å². The maximum Gasteiger partial charge on any atom is 0.232 e. The zero-order chi connectivity index (χ0) is 23.8. The number of rotatable bonds is 12. The Morgan fingerprint density at radius 2 is 1.82 bits per heavy atom. The Morgan fingerprint density at radius 1 is 1.06 bits per heavy atom. The molecule has 2 aromatic carbocycles. The molecule has 0 spiro atoms. The molecule has 0 amide bonds. The lowest BCUT2D eigenvalue weighted by Gasteiger charge is -2.30. The second-order valence-electron chi connectivity index (χ2n) is 8.81. The van der Waals surface area contributed by atoms with Crippen LogP contribution in [0.3, 0.4) is 0 Å². The van der Waals surface area contributed by atoms with Crippen molar-refractivity contribution in [3.63, 3.8) is 0 Å². The van der Waals surface area contributed by atoms with Crippen molar-refractivity contribution in [2.75, 3.05) is 52.0 Å². The van der Waals surface area contributed by atoms with Crippen LogP contribution in [0.25, 0.3) is 11.3 Å². The molecule has 182 valence electrons. The van der Waals surface area contributed by atoms with Gasteiger partial charge in [0.05, 0.1) is 18.3 Å². The predicted molar refractivity (Wildman–Crippen MR) is 133 cm³/mol. The zero-order valence-electron chi connectivity index (χ0n) is 20.2. The van der Waals surface area contributed by atoms with Crippen LogP contribution in [-0.4, -0.2) is 68.3 Å². The van der Waals surface area contributed by atoms with Gasteiger partial charge in [0.25, 0.3) is 0 Å². The lowest BCUT2D eigenvalue weighted by atomic mass is 9.99. The van der Waals surface area contributed by atoms with Crippen molar-refractivity contribution in [3.8, 4) is 11.3 Å². The number of anilines is 1. The topological polar surface area (TPSA) is 71.2 Å². The van der Waals surface area contributed by atoms with Gasteiger partial charge in [-0.25, -0.2) is 0 Å². The molecule has 1 aliphatic rings. The Balaban J connectivity index is 1.64. The first-order chi connectivity index (χ1) is 16.7. The second-order valence-corrected chi connectivity index (χ2v) is 8.81. The molecule has 7 heteroatoms. The molecule has 7 nitrogen and oxygen atoms in total. The van der Waals surface area contributed by atoms with E-state index in [-0.39, 0.29) is 0 Å². The summed E-state index contributed by atoms with van der Waals surface area (Å²) in [6.07, 6.45) is 1.27. The summed E-state index contributed by atoms with van der Waals surface area (Å²) in [5.41, 5.74) is 5.65. The first-order valence-corrected chi connectivity index (χ1v) is 11.9. The fraction of sp³-hybridized carbons (Fsp3) is 0.444. The summed E-state index contributed by atoms with van der Waals surface area (Å²) in [6, 6.07) is 18.7. The summed E-state index contributed by atoms with van der Waals surface area (Å²) in [7, 11) is 3.32. The third kappa shape index (κ3) is 6.04. The summed E-state index contributed by atoms with van der Waals surface area (Å²) in [5.74, 6) is 0.811. The third-order valence-corrected chi connectivity index (χ3v) is 6.27. The highest BCUT2D eigenvalue weighted by Gasteiger charge is 2.27. The van der Waals surface area contributed by atoms with Crippen LogP contribution in [0.2, 0.25) is 0 Å². The van der Waals surface area contributed by atoms with E-state index in [1.165, 1.54) is 11.1 Å². The van der Waals surface area contributed by atoms with Crippen LogP contribution in [0, 0.1) is 0 Å². The van der Waals surface area contributed by atoms with Gasteiger partial charge in [0, 0.05) is 59.1 Å². The Labute approximate surface area is 201 Å². The van der Waals surface area contributed by atoms with Gasteiger partial charge in [0.15, 0.2) is 0 Å². The van der Waals surface area contributed by atoms with E-state index in [0.717, 1.165) is 55.2 Å². The van der Waals surface area contributed by atoms with Gasteiger partial charge in [-0.2, -0.15) is 0 Å². The minimum absolute atomic E-state index is 0.297. The first-order valence-electron chi connectivity index (χ1n) is 11.9. The highest BCUT2D eigenvalue weighted by molar-refractivity contribution is 5.68. The van der Waals surface area contributed by atoms with Gasteiger partial charge < -0.3 is 24.0 Å². The molecule has 0 radical (unpaired) electrons. The van der Waals surface area contributed by atoms with E-state index in [0.29, 0.717) is 26.3 Å². The van der Waals surface area contributed by atoms with Crippen molar-refractivity contribution in [1.29, 1.82) is 0 Å². The molecule has 4 rings (SSSR count). The fourth-order valence-electron chi connectivity index (χ4n) is 4.62. The van der Waals surface area contributed by atoms with Gasteiger partial charge in [-0.05, 0) is 24.0 Å². The maximum atomic E-state index is 10.5. The van der Waals surface area contributed by atoms with E-state index in [1.807, 2.05) is 18.2 Å². The van der Waals surface area contributed by atoms with Crippen molar-refractivity contribution in [2.24, 2.45) is 0 Å². The summed E-state index contributed by atoms with van der Waals surface area (Å²) in [6.45, 7) is 4.54. The number of hydrogen-bond acceptors (Lipinski definition) is 7. The number of ether oxygens (including phenoxy) is 2.